The van der Waals surface area contributed by atoms with Gasteiger partial charge in [-0.1, -0.05) is 37.6 Å². The Morgan fingerprint density at radius 2 is 2.07 bits per heavy atom. The number of aliphatic hydroxyl groups excluding tert-OH is 1. The number of aliphatic hydroxyl groups is 1. The second-order valence-electron chi connectivity index (χ2n) is 4.13. The van der Waals surface area contributed by atoms with Crippen LogP contribution in [0, 0.1) is 5.92 Å². The van der Waals surface area contributed by atoms with Crippen molar-refractivity contribution in [1.29, 1.82) is 0 Å². The largest absolute Gasteiger partial charge is 0.392 e. The highest BCUT2D eigenvalue weighted by Gasteiger charge is 2.22. The minimum atomic E-state index is -0.423. The molecule has 2 atom stereocenters. The van der Waals surface area contributed by atoms with Crippen LogP contribution >= 0.6 is 11.6 Å². The predicted octanol–water partition coefficient (Wildman–Crippen LogP) is 2.40. The number of rotatable bonds is 4. The molecule has 0 aliphatic heterocycles. The standard InChI is InChI=1S/C12H18ClNO/c1-8(2)12(15)11(7-14)9-4-3-5-10(13)6-9/h3-6,8,11-12,15H,7,14H2,1-2H3. The number of benzene rings is 1. The van der Waals surface area contributed by atoms with E-state index in [1.165, 1.54) is 0 Å². The maximum absolute atomic E-state index is 10.0. The molecule has 0 heterocycles. The van der Waals surface area contributed by atoms with E-state index in [1.807, 2.05) is 38.1 Å². The van der Waals surface area contributed by atoms with Crippen LogP contribution in [0.1, 0.15) is 25.3 Å². The molecule has 0 aliphatic carbocycles. The van der Waals surface area contributed by atoms with Crippen molar-refractivity contribution in [3.8, 4) is 0 Å². The molecule has 0 saturated carbocycles. The summed E-state index contributed by atoms with van der Waals surface area (Å²) in [6.07, 6.45) is -0.423. The van der Waals surface area contributed by atoms with Gasteiger partial charge in [0.1, 0.15) is 0 Å². The summed E-state index contributed by atoms with van der Waals surface area (Å²) in [6.45, 7) is 4.40. The molecule has 3 heteroatoms. The van der Waals surface area contributed by atoms with Crippen molar-refractivity contribution in [2.24, 2.45) is 11.7 Å². The van der Waals surface area contributed by atoms with Crippen molar-refractivity contribution in [3.63, 3.8) is 0 Å². The molecule has 0 fully saturated rings. The van der Waals surface area contributed by atoms with Crippen LogP contribution in [0.2, 0.25) is 5.02 Å². The zero-order valence-electron chi connectivity index (χ0n) is 9.15. The average molecular weight is 228 g/mol. The van der Waals surface area contributed by atoms with E-state index in [4.69, 9.17) is 17.3 Å². The predicted molar refractivity (Wildman–Crippen MR) is 64.1 cm³/mol. The molecule has 0 spiro atoms. The van der Waals surface area contributed by atoms with E-state index in [2.05, 4.69) is 0 Å². The minimum absolute atomic E-state index is 0.0382. The van der Waals surface area contributed by atoms with E-state index in [1.54, 1.807) is 0 Å². The highest BCUT2D eigenvalue weighted by molar-refractivity contribution is 6.30. The molecule has 1 aromatic rings. The van der Waals surface area contributed by atoms with Gasteiger partial charge in [0.2, 0.25) is 0 Å². The van der Waals surface area contributed by atoms with E-state index in [9.17, 15) is 5.11 Å². The molecule has 84 valence electrons. The van der Waals surface area contributed by atoms with Crippen LogP contribution in [0.25, 0.3) is 0 Å². The van der Waals surface area contributed by atoms with Crippen molar-refractivity contribution in [1.82, 2.24) is 0 Å². The Labute approximate surface area is 96.1 Å². The Morgan fingerprint density at radius 1 is 1.40 bits per heavy atom. The summed E-state index contributed by atoms with van der Waals surface area (Å²) in [5.41, 5.74) is 6.70. The smallest absolute Gasteiger partial charge is 0.0643 e. The fourth-order valence-corrected chi connectivity index (χ4v) is 1.87. The first kappa shape index (κ1) is 12.5. The van der Waals surface area contributed by atoms with E-state index < -0.39 is 6.10 Å². The second kappa shape index (κ2) is 5.50. The van der Waals surface area contributed by atoms with E-state index in [-0.39, 0.29) is 11.8 Å². The number of hydrogen-bond donors (Lipinski definition) is 2. The Bertz CT molecular complexity index is 314. The molecule has 1 aromatic carbocycles. The number of nitrogens with two attached hydrogens (primary N) is 1. The van der Waals surface area contributed by atoms with Gasteiger partial charge in [-0.05, 0) is 23.6 Å². The third kappa shape index (κ3) is 3.20. The van der Waals surface area contributed by atoms with E-state index in [0.717, 1.165) is 5.56 Å². The molecule has 2 unspecified atom stereocenters. The summed E-state index contributed by atoms with van der Waals surface area (Å²) in [4.78, 5) is 0. The molecular weight excluding hydrogens is 210 g/mol. The van der Waals surface area contributed by atoms with Gasteiger partial charge < -0.3 is 10.8 Å². The number of halogens is 1. The normalized spacial score (nSPS) is 15.3. The van der Waals surface area contributed by atoms with Crippen molar-refractivity contribution >= 4 is 11.6 Å². The third-order valence-corrected chi connectivity index (χ3v) is 2.86. The van der Waals surface area contributed by atoms with Gasteiger partial charge in [0.05, 0.1) is 6.10 Å². The van der Waals surface area contributed by atoms with Crippen LogP contribution in [0.5, 0.6) is 0 Å². The summed E-state index contributed by atoms with van der Waals surface area (Å²) in [5.74, 6) is 0.154. The van der Waals surface area contributed by atoms with Gasteiger partial charge in [-0.25, -0.2) is 0 Å². The van der Waals surface area contributed by atoms with Crippen LogP contribution in [-0.2, 0) is 0 Å². The quantitative estimate of drug-likeness (QED) is 0.830. The monoisotopic (exact) mass is 227 g/mol. The van der Waals surface area contributed by atoms with Crippen molar-refractivity contribution in [2.45, 2.75) is 25.9 Å². The van der Waals surface area contributed by atoms with Crippen LogP contribution in [0.4, 0.5) is 0 Å². The first-order valence-electron chi connectivity index (χ1n) is 5.20. The van der Waals surface area contributed by atoms with Gasteiger partial charge in [-0.2, -0.15) is 0 Å². The average Bonchev–Trinajstić information content (AvgIpc) is 2.18. The fraction of sp³-hybridized carbons (Fsp3) is 0.500. The molecule has 1 rings (SSSR count). The van der Waals surface area contributed by atoms with Crippen LogP contribution < -0.4 is 5.73 Å². The first-order chi connectivity index (χ1) is 7.06. The van der Waals surface area contributed by atoms with Gasteiger partial charge in [-0.3, -0.25) is 0 Å². The fourth-order valence-electron chi connectivity index (χ4n) is 1.67. The lowest BCUT2D eigenvalue weighted by Crippen LogP contribution is -2.29. The molecule has 0 amide bonds. The van der Waals surface area contributed by atoms with Gasteiger partial charge in [0.25, 0.3) is 0 Å². The van der Waals surface area contributed by atoms with Gasteiger partial charge in [0, 0.05) is 17.5 Å². The summed E-state index contributed by atoms with van der Waals surface area (Å²) in [5, 5.41) is 10.7. The minimum Gasteiger partial charge on any atom is -0.392 e. The van der Waals surface area contributed by atoms with Crippen molar-refractivity contribution in [2.75, 3.05) is 6.54 Å². The highest BCUT2D eigenvalue weighted by Crippen LogP contribution is 2.25. The zero-order chi connectivity index (χ0) is 11.4. The van der Waals surface area contributed by atoms with Gasteiger partial charge in [-0.15, -0.1) is 0 Å². The topological polar surface area (TPSA) is 46.2 Å². The second-order valence-corrected chi connectivity index (χ2v) is 4.57. The molecule has 0 aliphatic rings. The van der Waals surface area contributed by atoms with Crippen LogP contribution in [-0.4, -0.2) is 17.8 Å². The first-order valence-corrected chi connectivity index (χ1v) is 5.57. The van der Waals surface area contributed by atoms with E-state index in [0.29, 0.717) is 11.6 Å². The lowest BCUT2D eigenvalue weighted by atomic mass is 9.87. The maximum Gasteiger partial charge on any atom is 0.0643 e. The molecular formula is C12H18ClNO. The summed E-state index contributed by atoms with van der Waals surface area (Å²) in [7, 11) is 0. The molecule has 15 heavy (non-hydrogen) atoms. The van der Waals surface area contributed by atoms with Crippen LogP contribution in [0.15, 0.2) is 24.3 Å². The van der Waals surface area contributed by atoms with Crippen LogP contribution in [0.3, 0.4) is 0 Å². The highest BCUT2D eigenvalue weighted by atomic mass is 35.5. The van der Waals surface area contributed by atoms with Crippen molar-refractivity contribution in [3.05, 3.63) is 34.9 Å². The molecule has 0 saturated heterocycles. The van der Waals surface area contributed by atoms with Gasteiger partial charge >= 0.3 is 0 Å². The third-order valence-electron chi connectivity index (χ3n) is 2.63. The SMILES string of the molecule is CC(C)C(O)C(CN)c1cccc(Cl)c1. The Balaban J connectivity index is 2.92. The van der Waals surface area contributed by atoms with E-state index >= 15 is 0 Å². The van der Waals surface area contributed by atoms with Crippen molar-refractivity contribution < 1.29 is 5.11 Å². The Hall–Kier alpha value is -0.570. The lowest BCUT2D eigenvalue weighted by Gasteiger charge is -2.25. The number of hydrogen-bond acceptors (Lipinski definition) is 2. The Morgan fingerprint density at radius 3 is 2.53 bits per heavy atom. The molecule has 2 nitrogen and oxygen atoms in total. The maximum atomic E-state index is 10.0. The Kier molecular flexibility index (Phi) is 4.58. The zero-order valence-corrected chi connectivity index (χ0v) is 9.91. The summed E-state index contributed by atoms with van der Waals surface area (Å²) >= 11 is 5.91. The summed E-state index contributed by atoms with van der Waals surface area (Å²) < 4.78 is 0. The molecule has 3 N–H and O–H groups in total. The molecule has 0 radical (unpaired) electrons. The lowest BCUT2D eigenvalue weighted by molar-refractivity contribution is 0.0985. The summed E-state index contributed by atoms with van der Waals surface area (Å²) in [6, 6.07) is 7.52. The molecule has 0 aromatic heterocycles. The van der Waals surface area contributed by atoms with Gasteiger partial charge in [0.15, 0.2) is 0 Å². The molecule has 0 bridgehead atoms.